The Hall–Kier alpha value is -5.31. The summed E-state index contributed by atoms with van der Waals surface area (Å²) in [5.41, 5.74) is 8.69. The number of nitrogens with zero attached hydrogens (tertiary/aromatic N) is 4. The predicted molar refractivity (Wildman–Crippen MR) is 235 cm³/mol. The second-order valence-electron chi connectivity index (χ2n) is 18.6. The van der Waals surface area contributed by atoms with Crippen molar-refractivity contribution >= 4 is 34.6 Å². The molecule has 0 radical (unpaired) electrons. The number of amides is 3. The monoisotopic (exact) mass is 850 g/mol. The Balaban J connectivity index is 1.35. The summed E-state index contributed by atoms with van der Waals surface area (Å²) >= 11 is 0. The van der Waals surface area contributed by atoms with Gasteiger partial charge in [0.2, 0.25) is 11.8 Å². The molecule has 1 saturated carbocycles. The quantitative estimate of drug-likeness (QED) is 0.145. The van der Waals surface area contributed by atoms with Gasteiger partial charge in [0, 0.05) is 61.7 Å². The fraction of sp³-hybridized carbons (Fsp3) is 0.521. The smallest absolute Gasteiger partial charge is 0.324 e. The van der Waals surface area contributed by atoms with Gasteiger partial charge in [0.05, 0.1) is 36.1 Å². The summed E-state index contributed by atoms with van der Waals surface area (Å²) in [6.07, 6.45) is 4.10. The number of fused-ring (bicyclic) bond motifs is 6. The Labute approximate surface area is 363 Å². The van der Waals surface area contributed by atoms with E-state index in [9.17, 15) is 29.4 Å². The lowest BCUT2D eigenvalue weighted by molar-refractivity contribution is -0.155. The van der Waals surface area contributed by atoms with Gasteiger partial charge in [-0.1, -0.05) is 39.8 Å². The second kappa shape index (κ2) is 17.8. The summed E-state index contributed by atoms with van der Waals surface area (Å²) in [4.78, 5) is 62.5. The van der Waals surface area contributed by atoms with E-state index in [1.807, 2.05) is 39.0 Å². The Kier molecular flexibility index (Phi) is 12.9. The van der Waals surface area contributed by atoms with E-state index >= 15 is 0 Å². The molecule has 62 heavy (non-hydrogen) atoms. The maximum atomic E-state index is 14.6. The average Bonchev–Trinajstić information content (AvgIpc) is 4.00. The molecule has 0 unspecified atom stereocenters. The molecule has 4 atom stereocenters. The molecule has 3 aliphatic rings. The summed E-state index contributed by atoms with van der Waals surface area (Å²) in [5.74, 6) is -2.11. The number of nitrogens with one attached hydrogen (secondary N) is 2. The highest BCUT2D eigenvalue weighted by atomic mass is 16.5. The number of aromatic nitrogens is 2. The number of hydrazine groups is 1. The van der Waals surface area contributed by atoms with Crippen molar-refractivity contribution in [1.82, 2.24) is 30.2 Å². The Morgan fingerprint density at radius 3 is 2.53 bits per heavy atom. The minimum absolute atomic E-state index is 0.00182. The first-order chi connectivity index (χ1) is 29.5. The lowest BCUT2D eigenvalue weighted by Gasteiger charge is -2.37. The molecule has 2 fully saturated rings. The number of carbonyl (C=O) groups excluding carboxylic acids is 4. The van der Waals surface area contributed by atoms with Crippen LogP contribution in [0.25, 0.3) is 33.3 Å². The van der Waals surface area contributed by atoms with Crippen molar-refractivity contribution in [2.75, 3.05) is 33.9 Å². The molecule has 3 amide bonds. The zero-order valence-electron chi connectivity index (χ0n) is 37.3. The Morgan fingerprint density at radius 1 is 1.10 bits per heavy atom. The minimum atomic E-state index is -1.15. The van der Waals surface area contributed by atoms with Gasteiger partial charge in [0.25, 0.3) is 5.91 Å². The highest BCUT2D eigenvalue weighted by Gasteiger charge is 2.52. The molecular weight excluding hydrogens is 789 g/mol. The van der Waals surface area contributed by atoms with Crippen molar-refractivity contribution in [1.29, 1.82) is 0 Å². The van der Waals surface area contributed by atoms with Crippen molar-refractivity contribution in [3.8, 4) is 28.1 Å². The number of aliphatic hydroxyl groups is 1. The molecule has 1 aliphatic carbocycles. The maximum Gasteiger partial charge on any atom is 0.324 e. The lowest BCUT2D eigenvalue weighted by Crippen LogP contribution is -2.62. The van der Waals surface area contributed by atoms with Crippen molar-refractivity contribution in [3.63, 3.8) is 0 Å². The number of hydrogen-bond donors (Lipinski definition) is 4. The summed E-state index contributed by atoms with van der Waals surface area (Å²) in [5, 5.41) is 26.6. The average molecular weight is 851 g/mol. The number of phenols is 1. The van der Waals surface area contributed by atoms with Gasteiger partial charge < -0.3 is 34.5 Å². The number of benzene rings is 2. The summed E-state index contributed by atoms with van der Waals surface area (Å²) < 4.78 is 14.2. The molecule has 14 nitrogen and oxygen atoms in total. The molecule has 14 heteroatoms. The topological polar surface area (TPSA) is 176 Å². The number of esters is 1. The third-order valence-corrected chi connectivity index (χ3v) is 12.9. The number of hydrogen-bond acceptors (Lipinski definition) is 10. The van der Waals surface area contributed by atoms with E-state index in [1.165, 1.54) is 9.91 Å². The van der Waals surface area contributed by atoms with Gasteiger partial charge in [0.1, 0.15) is 23.9 Å². The zero-order chi connectivity index (χ0) is 44.7. The van der Waals surface area contributed by atoms with Crippen LogP contribution in [0.3, 0.4) is 0 Å². The van der Waals surface area contributed by atoms with E-state index in [1.54, 1.807) is 32.5 Å². The molecule has 6 bridgehead atoms. The number of ether oxygens (including phenoxy) is 2. The lowest BCUT2D eigenvalue weighted by atomic mass is 9.84. The molecular formula is C48H62N6O8. The van der Waals surface area contributed by atoms with Crippen LogP contribution in [0, 0.1) is 16.7 Å². The van der Waals surface area contributed by atoms with Crippen LogP contribution in [0.2, 0.25) is 0 Å². The number of aryl methyl sites for hydroxylation is 1. The number of rotatable bonds is 10. The molecule has 2 aromatic heterocycles. The number of carbonyl (C=O) groups is 4. The van der Waals surface area contributed by atoms with E-state index < -0.39 is 46.7 Å². The number of cyclic esters (lactones) is 1. The molecule has 7 rings (SSSR count). The molecule has 4 N–H and O–H groups in total. The van der Waals surface area contributed by atoms with E-state index in [4.69, 9.17) is 14.5 Å². The van der Waals surface area contributed by atoms with Crippen molar-refractivity contribution in [2.24, 2.45) is 16.7 Å². The number of pyridine rings is 1. The minimum Gasteiger partial charge on any atom is -0.508 e. The Bertz CT molecular complexity index is 2350. The van der Waals surface area contributed by atoms with Crippen LogP contribution >= 0.6 is 0 Å². The third kappa shape index (κ3) is 8.82. The zero-order valence-corrected chi connectivity index (χ0v) is 37.3. The third-order valence-electron chi connectivity index (χ3n) is 12.9. The van der Waals surface area contributed by atoms with E-state index in [0.29, 0.717) is 44.2 Å². The number of aliphatic hydroxyl groups excluding tert-OH is 1. The fourth-order valence-corrected chi connectivity index (χ4v) is 9.34. The van der Waals surface area contributed by atoms with Gasteiger partial charge in [-0.2, -0.15) is 0 Å². The van der Waals surface area contributed by atoms with Gasteiger partial charge in [-0.3, -0.25) is 29.2 Å². The van der Waals surface area contributed by atoms with Crippen molar-refractivity contribution in [3.05, 3.63) is 71.5 Å². The van der Waals surface area contributed by atoms with Gasteiger partial charge in [0.15, 0.2) is 0 Å². The highest BCUT2D eigenvalue weighted by molar-refractivity contribution is 5.96. The molecule has 2 aliphatic heterocycles. The second-order valence-corrected chi connectivity index (χ2v) is 18.6. The largest absolute Gasteiger partial charge is 0.508 e. The molecule has 1 saturated heterocycles. The van der Waals surface area contributed by atoms with Gasteiger partial charge >= 0.3 is 5.97 Å². The number of likely N-dealkylation sites (N-methyl/N-ethyl adjacent to an activating group) is 1. The van der Waals surface area contributed by atoms with Crippen LogP contribution < -0.4 is 10.7 Å². The van der Waals surface area contributed by atoms with Gasteiger partial charge in [-0.05, 0) is 111 Å². The highest BCUT2D eigenvalue weighted by Crippen LogP contribution is 2.47. The van der Waals surface area contributed by atoms with Crippen molar-refractivity contribution < 1.29 is 38.9 Å². The SMILES string of the molecule is CCn1c(-c2cccnc2[C@H](C)OC)c2c3cc(ccc31)-c1cc(O)cc(c1)C[C@H](NC(=O)[C@H](C(C)C)N(C)C(=O)C1(CO)CC1)C(=O)N1CCC[C@H](N1)C(=O)OCC(C)(C)C2. The number of phenolic OH excluding ortho intramolecular Hbond substituents is 1. The maximum absolute atomic E-state index is 14.6. The van der Waals surface area contributed by atoms with Crippen LogP contribution in [0.1, 0.15) is 90.2 Å². The fourth-order valence-electron chi connectivity index (χ4n) is 9.34. The molecule has 4 heterocycles. The Morgan fingerprint density at radius 2 is 1.85 bits per heavy atom. The standard InChI is InChI=1S/C48H62N6O8/c1-9-53-39-15-14-31-24-35(39)36(42(53)34-12-10-18-49-40(34)29(4)61-8)25-47(5,6)27-62-45(59)37-13-11-19-54(51-37)44(58)38(22-30-20-32(31)23-33(56)21-30)50-43(57)41(28(2)3)52(7)46(60)48(26-55)16-17-48/h10,12,14-15,18,20-21,23-24,28-29,37-38,41,51,55-56H,9,11,13,16-17,19,22,25-27H2,1-8H3,(H,50,57)/t29-,37-,38-,41-/m0/s1. The first-order valence-corrected chi connectivity index (χ1v) is 21.9. The molecule has 2 aromatic carbocycles. The van der Waals surface area contributed by atoms with Crippen LogP contribution in [-0.4, -0.2) is 105 Å². The predicted octanol–water partition coefficient (Wildman–Crippen LogP) is 5.71. The van der Waals surface area contributed by atoms with Gasteiger partial charge in [-0.25, -0.2) is 5.43 Å². The van der Waals surface area contributed by atoms with Crippen LogP contribution in [-0.2, 0) is 48.0 Å². The van der Waals surface area contributed by atoms with Gasteiger partial charge in [-0.15, -0.1) is 0 Å². The molecule has 332 valence electrons. The van der Waals surface area contributed by atoms with E-state index in [2.05, 4.69) is 54.3 Å². The van der Waals surface area contributed by atoms with Crippen LogP contribution in [0.5, 0.6) is 5.75 Å². The van der Waals surface area contributed by atoms with Crippen LogP contribution in [0.4, 0.5) is 0 Å². The summed E-state index contributed by atoms with van der Waals surface area (Å²) in [6.45, 7) is 12.7. The number of aromatic hydroxyl groups is 1. The molecule has 0 spiro atoms. The first-order valence-electron chi connectivity index (χ1n) is 21.9. The van der Waals surface area contributed by atoms with E-state index in [-0.39, 0.29) is 49.9 Å². The van der Waals surface area contributed by atoms with E-state index in [0.717, 1.165) is 44.5 Å². The first kappa shape index (κ1) is 44.7. The normalized spacial score (nSPS) is 20.9. The van der Waals surface area contributed by atoms with Crippen molar-refractivity contribution in [2.45, 2.75) is 111 Å². The molecule has 4 aromatic rings. The summed E-state index contributed by atoms with van der Waals surface area (Å²) in [6, 6.07) is 12.6. The number of methoxy groups -OCH3 is 1. The summed E-state index contributed by atoms with van der Waals surface area (Å²) in [7, 11) is 3.24. The van der Waals surface area contributed by atoms with Crippen LogP contribution in [0.15, 0.2) is 54.7 Å².